The van der Waals surface area contributed by atoms with Crippen LogP contribution >= 0.6 is 0 Å². The Morgan fingerprint density at radius 2 is 2.26 bits per heavy atom. The molecule has 0 aliphatic heterocycles. The molecular formula is C10H7FN4O4. The topological polar surface area (TPSA) is 111 Å². The van der Waals surface area contributed by atoms with Crippen molar-refractivity contribution >= 4 is 11.9 Å². The van der Waals surface area contributed by atoms with E-state index < -0.39 is 28.2 Å². The predicted octanol–water partition coefficient (Wildman–Crippen LogP) is 1.07. The molecule has 2 aromatic rings. The first-order valence-corrected chi connectivity index (χ1v) is 5.03. The Kier molecular flexibility index (Phi) is 3.19. The SMILES string of the molecule is O=C(O)c1ccc(Cn2cnc([N+](=O)[O-])n2)cc1F. The van der Waals surface area contributed by atoms with E-state index in [9.17, 15) is 19.3 Å². The van der Waals surface area contributed by atoms with Crippen LogP contribution in [0.25, 0.3) is 0 Å². The fraction of sp³-hybridized carbons (Fsp3) is 0.100. The summed E-state index contributed by atoms with van der Waals surface area (Å²) in [7, 11) is 0. The molecule has 19 heavy (non-hydrogen) atoms. The van der Waals surface area contributed by atoms with Crippen molar-refractivity contribution in [3.8, 4) is 0 Å². The number of nitro groups is 1. The van der Waals surface area contributed by atoms with Gasteiger partial charge in [-0.05, 0) is 22.6 Å². The van der Waals surface area contributed by atoms with Crippen LogP contribution in [0.5, 0.6) is 0 Å². The van der Waals surface area contributed by atoms with Gasteiger partial charge in [0.2, 0.25) is 6.33 Å². The number of carboxylic acids is 1. The summed E-state index contributed by atoms with van der Waals surface area (Å²) in [6.07, 6.45) is 1.14. The summed E-state index contributed by atoms with van der Waals surface area (Å²) < 4.78 is 14.6. The second-order valence-electron chi connectivity index (χ2n) is 3.62. The molecule has 0 bridgehead atoms. The Labute approximate surface area is 105 Å². The van der Waals surface area contributed by atoms with Crippen LogP contribution in [0.3, 0.4) is 0 Å². The number of hydrogen-bond donors (Lipinski definition) is 1. The highest BCUT2D eigenvalue weighted by atomic mass is 19.1. The van der Waals surface area contributed by atoms with Crippen LogP contribution in [0.15, 0.2) is 24.5 Å². The molecule has 1 aromatic heterocycles. The molecule has 1 heterocycles. The molecule has 9 heteroatoms. The van der Waals surface area contributed by atoms with Gasteiger partial charge >= 0.3 is 11.9 Å². The minimum Gasteiger partial charge on any atom is -0.478 e. The maximum absolute atomic E-state index is 13.4. The lowest BCUT2D eigenvalue weighted by molar-refractivity contribution is -0.394. The van der Waals surface area contributed by atoms with Crippen LogP contribution in [-0.4, -0.2) is 30.8 Å². The first-order chi connectivity index (χ1) is 8.97. The Morgan fingerprint density at radius 1 is 1.53 bits per heavy atom. The summed E-state index contributed by atoms with van der Waals surface area (Å²) in [6.45, 7) is 0.0532. The van der Waals surface area contributed by atoms with Gasteiger partial charge in [0.1, 0.15) is 5.82 Å². The number of aromatic carboxylic acids is 1. The van der Waals surface area contributed by atoms with E-state index in [1.54, 1.807) is 0 Å². The minimum absolute atomic E-state index is 0.0532. The van der Waals surface area contributed by atoms with Crippen molar-refractivity contribution in [1.82, 2.24) is 14.8 Å². The second kappa shape index (κ2) is 4.80. The lowest BCUT2D eigenvalue weighted by atomic mass is 10.1. The van der Waals surface area contributed by atoms with Crippen molar-refractivity contribution in [2.75, 3.05) is 0 Å². The highest BCUT2D eigenvalue weighted by Crippen LogP contribution is 2.12. The van der Waals surface area contributed by atoms with Crippen LogP contribution in [-0.2, 0) is 6.54 Å². The summed E-state index contributed by atoms with van der Waals surface area (Å²) in [5.74, 6) is -2.79. The molecule has 0 unspecified atom stereocenters. The minimum atomic E-state index is -1.36. The van der Waals surface area contributed by atoms with Crippen molar-refractivity contribution in [1.29, 1.82) is 0 Å². The fourth-order valence-electron chi connectivity index (χ4n) is 1.46. The number of rotatable bonds is 4. The van der Waals surface area contributed by atoms with E-state index in [1.807, 2.05) is 0 Å². The summed E-state index contributed by atoms with van der Waals surface area (Å²) in [4.78, 5) is 23.7. The number of benzene rings is 1. The third kappa shape index (κ3) is 2.70. The molecule has 0 radical (unpaired) electrons. The zero-order valence-corrected chi connectivity index (χ0v) is 9.36. The largest absolute Gasteiger partial charge is 0.490 e. The summed E-state index contributed by atoms with van der Waals surface area (Å²) in [5, 5.41) is 22.6. The number of aromatic nitrogens is 3. The molecule has 0 saturated heterocycles. The molecule has 0 saturated carbocycles. The van der Waals surface area contributed by atoms with Crippen molar-refractivity contribution in [2.45, 2.75) is 6.54 Å². The standard InChI is InChI=1S/C10H7FN4O4/c11-8-3-6(1-2-7(8)9(16)17)4-14-5-12-10(13-14)15(18)19/h1-3,5H,4H2,(H,16,17). The van der Waals surface area contributed by atoms with E-state index in [-0.39, 0.29) is 6.54 Å². The molecule has 98 valence electrons. The normalized spacial score (nSPS) is 10.4. The molecule has 2 rings (SSSR count). The van der Waals surface area contributed by atoms with Crippen molar-refractivity contribution in [3.05, 3.63) is 51.6 Å². The molecule has 0 aliphatic carbocycles. The van der Waals surface area contributed by atoms with Gasteiger partial charge in [0.15, 0.2) is 0 Å². The number of hydrogen-bond acceptors (Lipinski definition) is 5. The highest BCUT2D eigenvalue weighted by Gasteiger charge is 2.15. The van der Waals surface area contributed by atoms with E-state index in [1.165, 1.54) is 6.07 Å². The van der Waals surface area contributed by atoms with Gasteiger partial charge < -0.3 is 15.2 Å². The molecular weight excluding hydrogens is 259 g/mol. The molecule has 0 atom stereocenters. The lowest BCUT2D eigenvalue weighted by Gasteiger charge is -2.01. The van der Waals surface area contributed by atoms with E-state index in [4.69, 9.17) is 5.11 Å². The first-order valence-electron chi connectivity index (χ1n) is 5.03. The molecule has 0 spiro atoms. The Hall–Kier alpha value is -2.84. The average molecular weight is 266 g/mol. The monoisotopic (exact) mass is 266 g/mol. The fourth-order valence-corrected chi connectivity index (χ4v) is 1.46. The van der Waals surface area contributed by atoms with Crippen molar-refractivity contribution < 1.29 is 19.2 Å². The molecule has 1 aromatic carbocycles. The second-order valence-corrected chi connectivity index (χ2v) is 3.62. The summed E-state index contributed by atoms with van der Waals surface area (Å²) >= 11 is 0. The van der Waals surface area contributed by atoms with Gasteiger partial charge in [0, 0.05) is 5.10 Å². The molecule has 8 nitrogen and oxygen atoms in total. The van der Waals surface area contributed by atoms with E-state index in [0.717, 1.165) is 23.1 Å². The van der Waals surface area contributed by atoms with Gasteiger partial charge in [-0.15, -0.1) is 0 Å². The first kappa shape index (κ1) is 12.6. The van der Waals surface area contributed by atoms with Gasteiger partial charge in [0.05, 0.1) is 12.1 Å². The Bertz CT molecular complexity index is 655. The quantitative estimate of drug-likeness (QED) is 0.654. The maximum atomic E-state index is 13.4. The van der Waals surface area contributed by atoms with E-state index >= 15 is 0 Å². The van der Waals surface area contributed by atoms with Crippen LogP contribution in [0.4, 0.5) is 10.3 Å². The van der Waals surface area contributed by atoms with Crippen LogP contribution in [0.1, 0.15) is 15.9 Å². The average Bonchev–Trinajstić information content (AvgIpc) is 2.77. The highest BCUT2D eigenvalue weighted by molar-refractivity contribution is 5.87. The third-order valence-corrected chi connectivity index (χ3v) is 2.30. The molecule has 0 fully saturated rings. The van der Waals surface area contributed by atoms with Crippen LogP contribution in [0, 0.1) is 15.9 Å². The number of carbonyl (C=O) groups is 1. The van der Waals surface area contributed by atoms with E-state index in [0.29, 0.717) is 5.56 Å². The van der Waals surface area contributed by atoms with Gasteiger partial charge in [-0.3, -0.25) is 0 Å². The lowest BCUT2D eigenvalue weighted by Crippen LogP contribution is -2.05. The van der Waals surface area contributed by atoms with E-state index in [2.05, 4.69) is 10.1 Å². The van der Waals surface area contributed by atoms with Crippen LogP contribution in [0.2, 0.25) is 0 Å². The summed E-state index contributed by atoms with van der Waals surface area (Å²) in [6, 6.07) is 3.56. The summed E-state index contributed by atoms with van der Waals surface area (Å²) in [5.41, 5.74) is -0.0179. The van der Waals surface area contributed by atoms with Crippen LogP contribution < -0.4 is 0 Å². The number of carboxylic acid groups (broad SMARTS) is 1. The number of nitrogens with zero attached hydrogens (tertiary/aromatic N) is 4. The predicted molar refractivity (Wildman–Crippen MR) is 59.1 cm³/mol. The van der Waals surface area contributed by atoms with Gasteiger partial charge in [0.25, 0.3) is 0 Å². The maximum Gasteiger partial charge on any atom is 0.490 e. The zero-order valence-electron chi connectivity index (χ0n) is 9.36. The Balaban J connectivity index is 2.21. The number of halogens is 1. The smallest absolute Gasteiger partial charge is 0.478 e. The third-order valence-electron chi connectivity index (χ3n) is 2.30. The van der Waals surface area contributed by atoms with Gasteiger partial charge in [-0.2, -0.15) is 4.68 Å². The molecule has 0 aliphatic rings. The Morgan fingerprint density at radius 3 is 2.79 bits per heavy atom. The van der Waals surface area contributed by atoms with Gasteiger partial charge in [-0.25, -0.2) is 9.18 Å². The molecule has 1 N–H and O–H groups in total. The zero-order chi connectivity index (χ0) is 14.0. The molecule has 0 amide bonds. The van der Waals surface area contributed by atoms with Crippen molar-refractivity contribution in [2.24, 2.45) is 0 Å². The van der Waals surface area contributed by atoms with Gasteiger partial charge in [-0.1, -0.05) is 11.1 Å². The van der Waals surface area contributed by atoms with Crippen molar-refractivity contribution in [3.63, 3.8) is 0 Å².